The molecule has 27 heavy (non-hydrogen) atoms. The van der Waals surface area contributed by atoms with E-state index in [0.717, 1.165) is 11.1 Å². The number of benzene rings is 2. The lowest BCUT2D eigenvalue weighted by atomic mass is 10.1. The zero-order valence-corrected chi connectivity index (χ0v) is 16.5. The number of nitrogens with zero attached hydrogens (tertiary/aromatic N) is 1. The van der Waals surface area contributed by atoms with Crippen molar-refractivity contribution >= 4 is 29.5 Å². The molecule has 0 aliphatic rings. The Kier molecular flexibility index (Phi) is 7.58. The normalized spacial score (nSPS) is 11.4. The first-order chi connectivity index (χ1) is 12.8. The van der Waals surface area contributed by atoms with E-state index in [9.17, 15) is 9.59 Å². The topological polar surface area (TPSA) is 61.4 Å². The van der Waals surface area contributed by atoms with Gasteiger partial charge in [-0.25, -0.2) is 0 Å². The van der Waals surface area contributed by atoms with E-state index < -0.39 is 0 Å². The summed E-state index contributed by atoms with van der Waals surface area (Å²) < 4.78 is 0. The maximum Gasteiger partial charge on any atom is 0.267 e. The third kappa shape index (κ3) is 6.89. The lowest BCUT2D eigenvalue weighted by Gasteiger charge is -2.13. The van der Waals surface area contributed by atoms with Crippen LogP contribution in [-0.2, 0) is 4.79 Å². The predicted octanol–water partition coefficient (Wildman–Crippen LogP) is 3.10. The molecule has 2 amide bonds. The van der Waals surface area contributed by atoms with Gasteiger partial charge in [-0.15, -0.1) is 0 Å². The second-order valence-corrected chi connectivity index (χ2v) is 6.93. The van der Waals surface area contributed by atoms with Gasteiger partial charge in [-0.2, -0.15) is 0 Å². The molecule has 5 nitrogen and oxygen atoms in total. The number of likely N-dealkylation sites (N-methyl/N-ethyl adjacent to an activating group) is 1. The Balaban J connectivity index is 2.20. The van der Waals surface area contributed by atoms with E-state index in [-0.39, 0.29) is 17.5 Å². The van der Waals surface area contributed by atoms with Gasteiger partial charge in [-0.05, 0) is 56.9 Å². The van der Waals surface area contributed by atoms with Crippen molar-refractivity contribution in [2.45, 2.75) is 6.92 Å². The summed E-state index contributed by atoms with van der Waals surface area (Å²) in [6.45, 7) is 3.13. The molecule has 2 aromatic rings. The smallest absolute Gasteiger partial charge is 0.267 e. The highest BCUT2D eigenvalue weighted by molar-refractivity contribution is 6.30. The van der Waals surface area contributed by atoms with Crippen LogP contribution in [0.5, 0.6) is 0 Å². The van der Waals surface area contributed by atoms with E-state index in [1.807, 2.05) is 38.1 Å². The SMILES string of the molecule is Cc1ccc(C(=O)NC(=Cc2ccc(Cl)cc2)C(=O)NCCN(C)C)cc1. The minimum atomic E-state index is -0.340. The van der Waals surface area contributed by atoms with Crippen LogP contribution in [0.25, 0.3) is 6.08 Å². The Morgan fingerprint density at radius 2 is 1.67 bits per heavy atom. The number of halogens is 1. The summed E-state index contributed by atoms with van der Waals surface area (Å²) in [6, 6.07) is 14.2. The third-order valence-electron chi connectivity index (χ3n) is 3.83. The Labute approximate surface area is 165 Å². The minimum Gasteiger partial charge on any atom is -0.349 e. The molecule has 6 heteroatoms. The highest BCUT2D eigenvalue weighted by atomic mass is 35.5. The number of rotatable bonds is 7. The average Bonchev–Trinajstić information content (AvgIpc) is 2.63. The first kappa shape index (κ1) is 20.7. The second-order valence-electron chi connectivity index (χ2n) is 6.49. The molecule has 2 rings (SSSR count). The number of nitrogens with one attached hydrogen (secondary N) is 2. The molecular formula is C21H24ClN3O2. The van der Waals surface area contributed by atoms with Gasteiger partial charge in [-0.3, -0.25) is 9.59 Å². The molecule has 0 spiro atoms. The minimum absolute atomic E-state index is 0.182. The maximum atomic E-state index is 12.6. The van der Waals surface area contributed by atoms with Gasteiger partial charge in [0.05, 0.1) is 0 Å². The fourth-order valence-corrected chi connectivity index (χ4v) is 2.40. The van der Waals surface area contributed by atoms with E-state index >= 15 is 0 Å². The van der Waals surface area contributed by atoms with Crippen molar-refractivity contribution in [2.75, 3.05) is 27.2 Å². The molecule has 0 radical (unpaired) electrons. The first-order valence-corrected chi connectivity index (χ1v) is 9.01. The van der Waals surface area contributed by atoms with Crippen LogP contribution in [0.15, 0.2) is 54.2 Å². The summed E-state index contributed by atoms with van der Waals surface area (Å²) in [5.41, 5.74) is 2.50. The lowest BCUT2D eigenvalue weighted by molar-refractivity contribution is -0.117. The van der Waals surface area contributed by atoms with E-state index in [1.165, 1.54) is 0 Å². The van der Waals surface area contributed by atoms with Gasteiger partial charge in [0.15, 0.2) is 0 Å². The Morgan fingerprint density at radius 1 is 1.04 bits per heavy atom. The van der Waals surface area contributed by atoms with Crippen LogP contribution in [0, 0.1) is 6.92 Å². The number of carbonyl (C=O) groups is 2. The molecule has 0 saturated heterocycles. The molecule has 0 fully saturated rings. The highest BCUT2D eigenvalue weighted by Gasteiger charge is 2.14. The van der Waals surface area contributed by atoms with Gasteiger partial charge < -0.3 is 15.5 Å². The fourth-order valence-electron chi connectivity index (χ4n) is 2.27. The molecule has 0 heterocycles. The van der Waals surface area contributed by atoms with E-state index in [1.54, 1.807) is 42.5 Å². The molecule has 0 aliphatic heterocycles. The molecule has 0 saturated carbocycles. The second kappa shape index (κ2) is 9.90. The molecule has 142 valence electrons. The summed E-state index contributed by atoms with van der Waals surface area (Å²) in [7, 11) is 3.85. The molecular weight excluding hydrogens is 362 g/mol. The predicted molar refractivity (Wildman–Crippen MR) is 110 cm³/mol. The van der Waals surface area contributed by atoms with Crippen molar-refractivity contribution < 1.29 is 9.59 Å². The Bertz CT molecular complexity index is 812. The van der Waals surface area contributed by atoms with Crippen LogP contribution in [0.2, 0.25) is 5.02 Å². The lowest BCUT2D eigenvalue weighted by Crippen LogP contribution is -2.37. The zero-order valence-electron chi connectivity index (χ0n) is 15.8. The maximum absolute atomic E-state index is 12.6. The summed E-state index contributed by atoms with van der Waals surface area (Å²) in [4.78, 5) is 27.1. The van der Waals surface area contributed by atoms with Crippen molar-refractivity contribution in [3.05, 3.63) is 75.9 Å². The molecule has 0 bridgehead atoms. The zero-order chi connectivity index (χ0) is 19.8. The number of hydrogen-bond donors (Lipinski definition) is 2. The van der Waals surface area contributed by atoms with Gasteiger partial charge in [-0.1, -0.05) is 41.4 Å². The molecule has 0 unspecified atom stereocenters. The standard InChI is InChI=1S/C21H24ClN3O2/c1-15-4-8-17(9-5-15)20(26)24-19(21(27)23-12-13-25(2)3)14-16-6-10-18(22)11-7-16/h4-11,14H,12-13H2,1-3H3,(H,23,27)(H,24,26). The molecule has 0 aliphatic carbocycles. The number of hydrogen-bond acceptors (Lipinski definition) is 3. The summed E-state index contributed by atoms with van der Waals surface area (Å²) >= 11 is 5.91. The van der Waals surface area contributed by atoms with Crippen LogP contribution in [0.4, 0.5) is 0 Å². The van der Waals surface area contributed by atoms with Gasteiger partial charge in [0.1, 0.15) is 5.70 Å². The number of aryl methyl sites for hydroxylation is 1. The third-order valence-corrected chi connectivity index (χ3v) is 4.08. The highest BCUT2D eigenvalue weighted by Crippen LogP contribution is 2.12. The van der Waals surface area contributed by atoms with Crippen LogP contribution < -0.4 is 10.6 Å². The first-order valence-electron chi connectivity index (χ1n) is 8.63. The van der Waals surface area contributed by atoms with Crippen molar-refractivity contribution in [3.8, 4) is 0 Å². The van der Waals surface area contributed by atoms with Gasteiger partial charge >= 0.3 is 0 Å². The Morgan fingerprint density at radius 3 is 2.26 bits per heavy atom. The largest absolute Gasteiger partial charge is 0.349 e. The number of amides is 2. The van der Waals surface area contributed by atoms with E-state index in [0.29, 0.717) is 23.7 Å². The average molecular weight is 386 g/mol. The molecule has 0 aromatic heterocycles. The van der Waals surface area contributed by atoms with Crippen molar-refractivity contribution in [1.29, 1.82) is 0 Å². The van der Waals surface area contributed by atoms with Gasteiger partial charge in [0.25, 0.3) is 11.8 Å². The van der Waals surface area contributed by atoms with Crippen LogP contribution >= 0.6 is 11.6 Å². The monoisotopic (exact) mass is 385 g/mol. The fraction of sp³-hybridized carbons (Fsp3) is 0.238. The van der Waals surface area contributed by atoms with Crippen molar-refractivity contribution in [1.82, 2.24) is 15.5 Å². The van der Waals surface area contributed by atoms with E-state index in [4.69, 9.17) is 11.6 Å². The number of carbonyl (C=O) groups excluding carboxylic acids is 2. The summed E-state index contributed by atoms with van der Waals surface area (Å²) in [5, 5.41) is 6.14. The van der Waals surface area contributed by atoms with Crippen LogP contribution in [0.1, 0.15) is 21.5 Å². The van der Waals surface area contributed by atoms with E-state index in [2.05, 4.69) is 10.6 Å². The van der Waals surface area contributed by atoms with Crippen LogP contribution in [0.3, 0.4) is 0 Å². The molecule has 0 atom stereocenters. The Hall–Kier alpha value is -2.63. The van der Waals surface area contributed by atoms with Crippen LogP contribution in [-0.4, -0.2) is 43.9 Å². The summed E-state index contributed by atoms with van der Waals surface area (Å²) in [6.07, 6.45) is 1.63. The molecule has 2 N–H and O–H groups in total. The quantitative estimate of drug-likeness (QED) is 0.720. The molecule has 2 aromatic carbocycles. The van der Waals surface area contributed by atoms with Crippen molar-refractivity contribution in [3.63, 3.8) is 0 Å². The van der Waals surface area contributed by atoms with Gasteiger partial charge in [0.2, 0.25) is 0 Å². The van der Waals surface area contributed by atoms with Crippen molar-refractivity contribution in [2.24, 2.45) is 0 Å². The van der Waals surface area contributed by atoms with Gasteiger partial charge in [0, 0.05) is 23.7 Å². The summed E-state index contributed by atoms with van der Waals surface area (Å²) in [5.74, 6) is -0.676.